The molecule has 0 unspecified atom stereocenters. The Labute approximate surface area is 140 Å². The van der Waals surface area contributed by atoms with E-state index in [1.807, 2.05) is 42.5 Å². The van der Waals surface area contributed by atoms with Crippen molar-refractivity contribution >= 4 is 11.9 Å². The van der Waals surface area contributed by atoms with E-state index in [4.69, 9.17) is 0 Å². The molecule has 0 heterocycles. The minimum Gasteiger partial charge on any atom is -0.504 e. The molecule has 0 fully saturated rings. The first-order valence-electron chi connectivity index (χ1n) is 7.55. The van der Waals surface area contributed by atoms with Crippen LogP contribution in [0.25, 0.3) is 0 Å². The molecule has 3 rings (SSSR count). The Morgan fingerprint density at radius 3 is 2.25 bits per heavy atom. The average molecular weight is 319 g/mol. The molecule has 0 aromatic heterocycles. The fourth-order valence-corrected chi connectivity index (χ4v) is 2.43. The molecule has 0 aliphatic heterocycles. The number of rotatable bonds is 4. The number of aliphatic imine (C=N–C) groups is 1. The summed E-state index contributed by atoms with van der Waals surface area (Å²) in [6, 6.07) is 20.7. The summed E-state index contributed by atoms with van der Waals surface area (Å²) in [5.74, 6) is -1.30. The lowest BCUT2D eigenvalue weighted by Gasteiger charge is -2.06. The van der Waals surface area contributed by atoms with E-state index in [-0.39, 0.29) is 11.5 Å². The third-order valence-corrected chi connectivity index (χ3v) is 3.73. The van der Waals surface area contributed by atoms with E-state index < -0.39 is 5.75 Å². The summed E-state index contributed by atoms with van der Waals surface area (Å²) >= 11 is 0. The van der Waals surface area contributed by atoms with Gasteiger partial charge in [-0.15, -0.1) is 0 Å². The van der Waals surface area contributed by atoms with Crippen LogP contribution in [0.15, 0.2) is 71.7 Å². The van der Waals surface area contributed by atoms with Crippen molar-refractivity contribution in [2.24, 2.45) is 4.99 Å². The van der Waals surface area contributed by atoms with Crippen molar-refractivity contribution in [1.29, 1.82) is 0 Å². The highest BCUT2D eigenvalue weighted by Gasteiger charge is 2.09. The van der Waals surface area contributed by atoms with Crippen LogP contribution in [0.5, 0.6) is 17.2 Å². The molecule has 4 nitrogen and oxygen atoms in total. The molecule has 0 spiro atoms. The molecule has 3 aromatic carbocycles. The van der Waals surface area contributed by atoms with Gasteiger partial charge in [-0.25, -0.2) is 0 Å². The molecule has 24 heavy (non-hydrogen) atoms. The van der Waals surface area contributed by atoms with Gasteiger partial charge in [-0.2, -0.15) is 0 Å². The number of aromatic hydroxyl groups is 3. The Balaban J connectivity index is 1.89. The molecule has 120 valence electrons. The average Bonchev–Trinajstić information content (AvgIpc) is 2.61. The Morgan fingerprint density at radius 2 is 1.46 bits per heavy atom. The highest BCUT2D eigenvalue weighted by Crippen LogP contribution is 2.36. The monoisotopic (exact) mass is 319 g/mol. The van der Waals surface area contributed by atoms with Crippen LogP contribution in [-0.4, -0.2) is 21.5 Å². The summed E-state index contributed by atoms with van der Waals surface area (Å²) in [6.07, 6.45) is 2.22. The molecule has 0 radical (unpaired) electrons. The molecule has 3 N–H and O–H groups in total. The van der Waals surface area contributed by atoms with Crippen molar-refractivity contribution in [2.75, 3.05) is 0 Å². The molecule has 0 aliphatic carbocycles. The number of hydrogen-bond acceptors (Lipinski definition) is 4. The zero-order valence-electron chi connectivity index (χ0n) is 12.9. The van der Waals surface area contributed by atoms with Gasteiger partial charge in [0.15, 0.2) is 11.5 Å². The lowest BCUT2D eigenvalue weighted by atomic mass is 10.0. The van der Waals surface area contributed by atoms with Crippen molar-refractivity contribution < 1.29 is 15.3 Å². The molecule has 0 saturated carbocycles. The molecule has 3 aromatic rings. The van der Waals surface area contributed by atoms with Crippen LogP contribution in [0.1, 0.15) is 16.7 Å². The van der Waals surface area contributed by atoms with Crippen LogP contribution in [0.4, 0.5) is 5.69 Å². The summed E-state index contributed by atoms with van der Waals surface area (Å²) < 4.78 is 0. The summed E-state index contributed by atoms with van der Waals surface area (Å²) in [7, 11) is 0. The molecular formula is C20H17NO3. The molecule has 0 aliphatic rings. The molecule has 4 heteroatoms. The first-order chi connectivity index (χ1) is 11.6. The highest BCUT2D eigenvalue weighted by molar-refractivity contribution is 5.87. The van der Waals surface area contributed by atoms with E-state index >= 15 is 0 Å². The van der Waals surface area contributed by atoms with Gasteiger partial charge >= 0.3 is 0 Å². The standard InChI is InChI=1S/C20H17NO3/c22-18-11-10-16(19(23)20(18)24)13-21-17-9-5-4-8-15(17)12-14-6-2-1-3-7-14/h1-11,13,22-24H,12H2. The second-order valence-electron chi connectivity index (χ2n) is 5.42. The number of phenols is 3. The van der Waals surface area contributed by atoms with Crippen molar-refractivity contribution in [2.45, 2.75) is 6.42 Å². The van der Waals surface area contributed by atoms with E-state index in [0.717, 1.165) is 17.7 Å². The van der Waals surface area contributed by atoms with Crippen LogP contribution >= 0.6 is 0 Å². The Hall–Kier alpha value is -3.27. The predicted molar refractivity (Wildman–Crippen MR) is 94.4 cm³/mol. The van der Waals surface area contributed by atoms with Gasteiger partial charge in [-0.1, -0.05) is 48.5 Å². The number of hydrogen-bond donors (Lipinski definition) is 3. The van der Waals surface area contributed by atoms with Crippen LogP contribution in [0.3, 0.4) is 0 Å². The quantitative estimate of drug-likeness (QED) is 0.500. The summed E-state index contributed by atoms with van der Waals surface area (Å²) in [6.45, 7) is 0. The Morgan fingerprint density at radius 1 is 0.750 bits per heavy atom. The topological polar surface area (TPSA) is 73.1 Å². The zero-order chi connectivity index (χ0) is 16.9. The van der Waals surface area contributed by atoms with E-state index in [1.165, 1.54) is 23.9 Å². The van der Waals surface area contributed by atoms with Crippen molar-refractivity contribution in [3.05, 3.63) is 83.4 Å². The van der Waals surface area contributed by atoms with Crippen LogP contribution in [0.2, 0.25) is 0 Å². The number of benzene rings is 3. The van der Waals surface area contributed by atoms with E-state index in [1.54, 1.807) is 0 Å². The smallest absolute Gasteiger partial charge is 0.200 e. The fourth-order valence-electron chi connectivity index (χ4n) is 2.43. The minimum atomic E-state index is -0.545. The maximum absolute atomic E-state index is 9.86. The van der Waals surface area contributed by atoms with Gasteiger partial charge in [0.25, 0.3) is 0 Å². The molecule has 0 atom stereocenters. The second-order valence-corrected chi connectivity index (χ2v) is 5.42. The number of phenolic OH excluding ortho intramolecular Hbond substituents is 3. The lowest BCUT2D eigenvalue weighted by Crippen LogP contribution is -1.89. The van der Waals surface area contributed by atoms with Gasteiger partial charge in [0, 0.05) is 11.8 Å². The Bertz CT molecular complexity index is 873. The summed E-state index contributed by atoms with van der Waals surface area (Å²) in [5.41, 5.74) is 3.36. The second kappa shape index (κ2) is 6.87. The van der Waals surface area contributed by atoms with Gasteiger partial charge in [-0.3, -0.25) is 4.99 Å². The van der Waals surface area contributed by atoms with Crippen molar-refractivity contribution in [3.8, 4) is 17.2 Å². The van der Waals surface area contributed by atoms with E-state index in [2.05, 4.69) is 17.1 Å². The van der Waals surface area contributed by atoms with E-state index in [9.17, 15) is 15.3 Å². The summed E-state index contributed by atoms with van der Waals surface area (Å²) in [4.78, 5) is 4.43. The third-order valence-electron chi connectivity index (χ3n) is 3.73. The molecule has 0 saturated heterocycles. The highest BCUT2D eigenvalue weighted by atomic mass is 16.3. The van der Waals surface area contributed by atoms with Gasteiger partial charge in [0.1, 0.15) is 0 Å². The maximum atomic E-state index is 9.86. The van der Waals surface area contributed by atoms with Gasteiger partial charge in [-0.05, 0) is 35.7 Å². The molecule has 0 amide bonds. The zero-order valence-corrected chi connectivity index (χ0v) is 12.9. The minimum absolute atomic E-state index is 0.333. The number of nitrogens with zero attached hydrogens (tertiary/aromatic N) is 1. The molecular weight excluding hydrogens is 302 g/mol. The predicted octanol–water partition coefficient (Wildman–Crippen LogP) is 4.14. The van der Waals surface area contributed by atoms with Gasteiger partial charge < -0.3 is 15.3 Å². The first kappa shape index (κ1) is 15.6. The molecule has 0 bridgehead atoms. The maximum Gasteiger partial charge on any atom is 0.200 e. The van der Waals surface area contributed by atoms with Gasteiger partial charge in [0.2, 0.25) is 5.75 Å². The normalized spacial score (nSPS) is 11.0. The van der Waals surface area contributed by atoms with Gasteiger partial charge in [0.05, 0.1) is 5.69 Å². The van der Waals surface area contributed by atoms with Crippen molar-refractivity contribution in [3.63, 3.8) is 0 Å². The third kappa shape index (κ3) is 3.38. The van der Waals surface area contributed by atoms with Crippen LogP contribution < -0.4 is 0 Å². The largest absolute Gasteiger partial charge is 0.504 e. The summed E-state index contributed by atoms with van der Waals surface area (Å²) in [5, 5.41) is 28.8. The SMILES string of the molecule is Oc1ccc(C=Nc2ccccc2Cc2ccccc2)c(O)c1O. The van der Waals surface area contributed by atoms with Crippen molar-refractivity contribution in [1.82, 2.24) is 0 Å². The first-order valence-corrected chi connectivity index (χ1v) is 7.55. The fraction of sp³-hybridized carbons (Fsp3) is 0.0500. The number of para-hydroxylation sites is 1. The van der Waals surface area contributed by atoms with E-state index in [0.29, 0.717) is 5.56 Å². The Kier molecular flexibility index (Phi) is 4.47. The van der Waals surface area contributed by atoms with Crippen LogP contribution in [0, 0.1) is 0 Å². The van der Waals surface area contributed by atoms with Crippen LogP contribution in [-0.2, 0) is 6.42 Å². The lowest BCUT2D eigenvalue weighted by molar-refractivity contribution is 0.367.